The van der Waals surface area contributed by atoms with E-state index in [1.54, 1.807) is 0 Å². The fraction of sp³-hybridized carbons (Fsp3) is 0.714. The molecule has 0 radical (unpaired) electrons. The summed E-state index contributed by atoms with van der Waals surface area (Å²) in [7, 11) is 1.93. The third kappa shape index (κ3) is 4.16. The molecule has 1 aromatic rings. The smallest absolute Gasteiger partial charge is 0.194 e. The fourth-order valence-electron chi connectivity index (χ4n) is 2.34. The van der Waals surface area contributed by atoms with Crippen LogP contribution in [0, 0.1) is 0 Å². The Kier molecular flexibility index (Phi) is 4.96. The highest BCUT2D eigenvalue weighted by Gasteiger charge is 2.28. The van der Waals surface area contributed by atoms with Crippen molar-refractivity contribution >= 4 is 17.7 Å². The quantitative estimate of drug-likeness (QED) is 0.681. The molecule has 0 spiro atoms. The Morgan fingerprint density at radius 2 is 2.35 bits per heavy atom. The predicted molar refractivity (Wildman–Crippen MR) is 86.1 cm³/mol. The standard InChI is InChI=1S/C14H25N5S/c1-5-15-13(16-8-12-9-17-18(4)10-12)19-6-7-20-14(2,3)11-19/h9-10H,5-8,11H2,1-4H3,(H,15,16). The molecule has 6 heteroatoms. The molecule has 0 unspecified atom stereocenters. The molecule has 0 atom stereocenters. The number of hydrogen-bond acceptors (Lipinski definition) is 3. The zero-order chi connectivity index (χ0) is 14.6. The van der Waals surface area contributed by atoms with E-state index in [9.17, 15) is 0 Å². The lowest BCUT2D eigenvalue weighted by molar-refractivity contribution is 0.376. The van der Waals surface area contributed by atoms with Crippen LogP contribution in [0.4, 0.5) is 0 Å². The van der Waals surface area contributed by atoms with Gasteiger partial charge in [-0.15, -0.1) is 0 Å². The highest BCUT2D eigenvalue weighted by molar-refractivity contribution is 8.00. The molecule has 20 heavy (non-hydrogen) atoms. The van der Waals surface area contributed by atoms with Gasteiger partial charge in [0.1, 0.15) is 0 Å². The van der Waals surface area contributed by atoms with Crippen LogP contribution in [0.2, 0.25) is 0 Å². The van der Waals surface area contributed by atoms with Crippen LogP contribution in [0.1, 0.15) is 26.3 Å². The summed E-state index contributed by atoms with van der Waals surface area (Å²) < 4.78 is 2.11. The first kappa shape index (κ1) is 15.2. The second kappa shape index (κ2) is 6.52. The monoisotopic (exact) mass is 295 g/mol. The van der Waals surface area contributed by atoms with Crippen molar-refractivity contribution in [1.29, 1.82) is 0 Å². The first-order valence-corrected chi connectivity index (χ1v) is 8.13. The number of aryl methyl sites for hydroxylation is 1. The van der Waals surface area contributed by atoms with Gasteiger partial charge in [0.05, 0.1) is 12.7 Å². The van der Waals surface area contributed by atoms with Gasteiger partial charge in [0.25, 0.3) is 0 Å². The summed E-state index contributed by atoms with van der Waals surface area (Å²) in [4.78, 5) is 7.13. The summed E-state index contributed by atoms with van der Waals surface area (Å²) >= 11 is 2.04. The number of nitrogens with zero attached hydrogens (tertiary/aromatic N) is 4. The molecule has 2 heterocycles. The molecule has 0 amide bonds. The molecule has 1 aromatic heterocycles. The van der Waals surface area contributed by atoms with E-state index in [-0.39, 0.29) is 0 Å². The van der Waals surface area contributed by atoms with Gasteiger partial charge in [0.2, 0.25) is 0 Å². The van der Waals surface area contributed by atoms with Gasteiger partial charge in [-0.2, -0.15) is 16.9 Å². The van der Waals surface area contributed by atoms with Gasteiger partial charge in [-0.3, -0.25) is 4.68 Å². The molecule has 0 aromatic carbocycles. The van der Waals surface area contributed by atoms with Gasteiger partial charge in [-0.1, -0.05) is 0 Å². The number of guanidine groups is 1. The van der Waals surface area contributed by atoms with Crippen molar-refractivity contribution in [3.05, 3.63) is 18.0 Å². The van der Waals surface area contributed by atoms with Crippen LogP contribution in [0.3, 0.4) is 0 Å². The maximum atomic E-state index is 4.76. The Balaban J connectivity index is 2.05. The van der Waals surface area contributed by atoms with Gasteiger partial charge in [0.15, 0.2) is 5.96 Å². The van der Waals surface area contributed by atoms with E-state index in [1.807, 2.05) is 35.9 Å². The fourth-order valence-corrected chi connectivity index (χ4v) is 3.45. The van der Waals surface area contributed by atoms with Crippen molar-refractivity contribution in [2.45, 2.75) is 32.1 Å². The molecule has 1 saturated heterocycles. The maximum absolute atomic E-state index is 4.76. The second-order valence-electron chi connectivity index (χ2n) is 5.72. The molecule has 0 aliphatic carbocycles. The normalized spacial score (nSPS) is 19.2. The van der Waals surface area contributed by atoms with Crippen LogP contribution in [0.25, 0.3) is 0 Å². The topological polar surface area (TPSA) is 45.5 Å². The Morgan fingerprint density at radius 1 is 1.55 bits per heavy atom. The van der Waals surface area contributed by atoms with Gasteiger partial charge in [-0.25, -0.2) is 4.99 Å². The lowest BCUT2D eigenvalue weighted by Gasteiger charge is -2.39. The number of hydrogen-bond donors (Lipinski definition) is 1. The van der Waals surface area contributed by atoms with Crippen LogP contribution in [-0.2, 0) is 13.6 Å². The molecule has 0 saturated carbocycles. The molecule has 0 bridgehead atoms. The lowest BCUT2D eigenvalue weighted by atomic mass is 10.2. The average molecular weight is 295 g/mol. The van der Waals surface area contributed by atoms with E-state index in [4.69, 9.17) is 4.99 Å². The van der Waals surface area contributed by atoms with E-state index in [1.165, 1.54) is 0 Å². The molecule has 2 rings (SSSR count). The summed E-state index contributed by atoms with van der Waals surface area (Å²) in [5.41, 5.74) is 1.15. The molecular formula is C14H25N5S. The molecule has 1 fully saturated rings. The third-order valence-electron chi connectivity index (χ3n) is 3.23. The average Bonchev–Trinajstić information content (AvgIpc) is 2.79. The van der Waals surface area contributed by atoms with Gasteiger partial charge < -0.3 is 10.2 Å². The minimum atomic E-state index is 0.294. The number of rotatable bonds is 3. The van der Waals surface area contributed by atoms with Gasteiger partial charge in [-0.05, 0) is 20.8 Å². The van der Waals surface area contributed by atoms with Crippen LogP contribution in [0.5, 0.6) is 0 Å². The Morgan fingerprint density at radius 3 is 2.95 bits per heavy atom. The number of aromatic nitrogens is 2. The molecular weight excluding hydrogens is 270 g/mol. The van der Waals surface area contributed by atoms with Crippen molar-refractivity contribution < 1.29 is 0 Å². The first-order valence-electron chi connectivity index (χ1n) is 7.15. The number of aliphatic imine (C=N–C) groups is 1. The lowest BCUT2D eigenvalue weighted by Crippen LogP contribution is -2.50. The van der Waals surface area contributed by atoms with Crippen LogP contribution in [-0.4, -0.2) is 50.8 Å². The van der Waals surface area contributed by atoms with E-state index in [0.29, 0.717) is 11.3 Å². The molecule has 112 valence electrons. The van der Waals surface area contributed by atoms with Crippen molar-refractivity contribution in [2.24, 2.45) is 12.0 Å². The highest BCUT2D eigenvalue weighted by Crippen LogP contribution is 2.29. The van der Waals surface area contributed by atoms with Crippen LogP contribution >= 0.6 is 11.8 Å². The Hall–Kier alpha value is -1.17. The minimum Gasteiger partial charge on any atom is -0.357 e. The van der Waals surface area contributed by atoms with E-state index in [0.717, 1.165) is 36.9 Å². The van der Waals surface area contributed by atoms with Gasteiger partial charge >= 0.3 is 0 Å². The Labute approximate surface area is 125 Å². The summed E-state index contributed by atoms with van der Waals surface area (Å²) in [6, 6.07) is 0. The molecule has 1 N–H and O–H groups in total. The largest absolute Gasteiger partial charge is 0.357 e. The predicted octanol–water partition coefficient (Wildman–Crippen LogP) is 1.71. The summed E-state index contributed by atoms with van der Waals surface area (Å²) in [6.07, 6.45) is 3.89. The summed E-state index contributed by atoms with van der Waals surface area (Å²) in [6.45, 7) is 10.4. The van der Waals surface area contributed by atoms with Crippen molar-refractivity contribution in [3.63, 3.8) is 0 Å². The van der Waals surface area contributed by atoms with E-state index in [2.05, 4.69) is 36.1 Å². The van der Waals surface area contributed by atoms with Crippen molar-refractivity contribution in [1.82, 2.24) is 20.0 Å². The molecule has 5 nitrogen and oxygen atoms in total. The zero-order valence-electron chi connectivity index (χ0n) is 12.9. The second-order valence-corrected chi connectivity index (χ2v) is 7.52. The Bertz CT molecular complexity index is 466. The zero-order valence-corrected chi connectivity index (χ0v) is 13.7. The highest BCUT2D eigenvalue weighted by atomic mass is 32.2. The number of nitrogens with one attached hydrogen (secondary N) is 1. The number of thioether (sulfide) groups is 1. The summed E-state index contributed by atoms with van der Waals surface area (Å²) in [5.74, 6) is 2.18. The molecule has 1 aliphatic rings. The van der Waals surface area contributed by atoms with Crippen LogP contribution in [0.15, 0.2) is 17.4 Å². The van der Waals surface area contributed by atoms with Gasteiger partial charge in [0, 0.05) is 48.9 Å². The van der Waals surface area contributed by atoms with Crippen LogP contribution < -0.4 is 5.32 Å². The van der Waals surface area contributed by atoms with Crippen molar-refractivity contribution in [2.75, 3.05) is 25.4 Å². The minimum absolute atomic E-state index is 0.294. The SMILES string of the molecule is CCNC(=NCc1cnn(C)c1)N1CCSC(C)(C)C1. The first-order chi connectivity index (χ1) is 9.50. The van der Waals surface area contributed by atoms with E-state index < -0.39 is 0 Å². The summed E-state index contributed by atoms with van der Waals surface area (Å²) in [5, 5.41) is 7.59. The molecule has 1 aliphatic heterocycles. The maximum Gasteiger partial charge on any atom is 0.194 e. The third-order valence-corrected chi connectivity index (χ3v) is 4.53. The van der Waals surface area contributed by atoms with Crippen molar-refractivity contribution in [3.8, 4) is 0 Å². The van der Waals surface area contributed by atoms with E-state index >= 15 is 0 Å².